The van der Waals surface area contributed by atoms with Crippen LogP contribution in [0, 0.1) is 12.3 Å². The lowest BCUT2D eigenvalue weighted by molar-refractivity contribution is -0.122. The van der Waals surface area contributed by atoms with Crippen LogP contribution < -0.4 is 19.7 Å². The Bertz CT molecular complexity index is 1460. The fraction of sp³-hybridized carbons (Fsp3) is 0.0741. The number of barbiturate groups is 1. The molecule has 0 aliphatic carbocycles. The van der Waals surface area contributed by atoms with Gasteiger partial charge in [-0.25, -0.2) is 9.69 Å². The fourth-order valence-corrected chi connectivity index (χ4v) is 4.26. The molecule has 3 aromatic rings. The number of terminal acetylenes is 1. The summed E-state index contributed by atoms with van der Waals surface area (Å²) in [6.07, 6.45) is 6.62. The van der Waals surface area contributed by atoms with E-state index in [4.69, 9.17) is 39.1 Å². The Kier molecular flexibility index (Phi) is 8.19. The zero-order valence-electron chi connectivity index (χ0n) is 19.0. The molecule has 4 amide bonds. The van der Waals surface area contributed by atoms with Gasteiger partial charge in [0.2, 0.25) is 0 Å². The number of ether oxygens (including phenoxy) is 2. The molecule has 0 radical (unpaired) electrons. The fourth-order valence-electron chi connectivity index (χ4n) is 3.42. The summed E-state index contributed by atoms with van der Waals surface area (Å²) in [5.74, 6) is 1.60. The third kappa shape index (κ3) is 6.15. The van der Waals surface area contributed by atoms with Crippen molar-refractivity contribution in [2.75, 3.05) is 11.5 Å². The molecule has 0 spiro atoms. The number of nitrogens with one attached hydrogen (secondary N) is 1. The smallest absolute Gasteiger partial charge is 0.335 e. The van der Waals surface area contributed by atoms with Crippen molar-refractivity contribution < 1.29 is 23.9 Å². The Morgan fingerprint density at radius 1 is 1.00 bits per heavy atom. The van der Waals surface area contributed by atoms with E-state index in [1.807, 2.05) is 0 Å². The van der Waals surface area contributed by atoms with Crippen LogP contribution in [0.2, 0.25) is 10.0 Å². The zero-order chi connectivity index (χ0) is 26.5. The van der Waals surface area contributed by atoms with Gasteiger partial charge in [0, 0.05) is 25.6 Å². The predicted molar refractivity (Wildman–Crippen MR) is 145 cm³/mol. The zero-order valence-corrected chi connectivity index (χ0v) is 22.1. The first kappa shape index (κ1) is 26.3. The van der Waals surface area contributed by atoms with Crippen molar-refractivity contribution in [3.63, 3.8) is 0 Å². The number of carbonyl (C=O) groups excluding carboxylic acids is 3. The molecule has 10 heteroatoms. The molecule has 1 fully saturated rings. The van der Waals surface area contributed by atoms with Crippen LogP contribution in [0.1, 0.15) is 11.1 Å². The van der Waals surface area contributed by atoms with E-state index >= 15 is 0 Å². The topological polar surface area (TPSA) is 84.9 Å². The van der Waals surface area contributed by atoms with E-state index in [-0.39, 0.29) is 24.5 Å². The Labute approximate surface area is 231 Å². The van der Waals surface area contributed by atoms with Gasteiger partial charge in [-0.05, 0) is 60.7 Å². The number of nitrogens with zero attached hydrogens (tertiary/aromatic N) is 1. The lowest BCUT2D eigenvalue weighted by Gasteiger charge is -2.26. The molecule has 7 nitrogen and oxygen atoms in total. The van der Waals surface area contributed by atoms with Crippen LogP contribution in [0.4, 0.5) is 10.5 Å². The molecule has 1 aliphatic rings. The lowest BCUT2D eigenvalue weighted by atomic mass is 10.1. The third-order valence-electron chi connectivity index (χ3n) is 5.19. The average molecular weight is 600 g/mol. The molecule has 186 valence electrons. The Morgan fingerprint density at radius 2 is 1.76 bits per heavy atom. The molecule has 0 saturated carbocycles. The maximum atomic E-state index is 13.3. The van der Waals surface area contributed by atoms with Gasteiger partial charge >= 0.3 is 6.03 Å². The molecular weight excluding hydrogens is 583 g/mol. The van der Waals surface area contributed by atoms with Crippen LogP contribution in [0.15, 0.2) is 70.7 Å². The quantitative estimate of drug-likeness (QED) is 0.204. The molecule has 1 N–H and O–H groups in total. The lowest BCUT2D eigenvalue weighted by Crippen LogP contribution is -2.54. The molecule has 0 atom stereocenters. The highest BCUT2D eigenvalue weighted by atomic mass is 79.9. The highest BCUT2D eigenvalue weighted by Gasteiger charge is 2.37. The van der Waals surface area contributed by atoms with E-state index in [0.717, 1.165) is 10.5 Å². The molecule has 1 aliphatic heterocycles. The van der Waals surface area contributed by atoms with Gasteiger partial charge in [0.05, 0.1) is 5.69 Å². The van der Waals surface area contributed by atoms with Gasteiger partial charge < -0.3 is 9.47 Å². The summed E-state index contributed by atoms with van der Waals surface area (Å²) in [6.45, 7) is 0.192. The highest BCUT2D eigenvalue weighted by molar-refractivity contribution is 9.10. The second-order valence-electron chi connectivity index (χ2n) is 7.65. The molecule has 0 aromatic heterocycles. The minimum atomic E-state index is -0.869. The van der Waals surface area contributed by atoms with E-state index in [2.05, 4.69) is 27.2 Å². The highest BCUT2D eigenvalue weighted by Crippen LogP contribution is 2.29. The molecule has 0 bridgehead atoms. The van der Waals surface area contributed by atoms with Gasteiger partial charge in [0.15, 0.2) is 0 Å². The number of halogens is 3. The van der Waals surface area contributed by atoms with Crippen LogP contribution in [0.3, 0.4) is 0 Å². The SMILES string of the molecule is C#CCOc1ccc(Br)cc1/C=C1\C(=O)NC(=O)N(c2ccc(OCc3ccc(Cl)cc3Cl)cc2)C1=O. The molecule has 4 rings (SSSR count). The molecule has 1 saturated heterocycles. The third-order valence-corrected chi connectivity index (χ3v) is 6.27. The summed E-state index contributed by atoms with van der Waals surface area (Å²) >= 11 is 15.5. The first-order chi connectivity index (χ1) is 17.8. The van der Waals surface area contributed by atoms with Gasteiger partial charge in [-0.2, -0.15) is 0 Å². The second-order valence-corrected chi connectivity index (χ2v) is 9.41. The second kappa shape index (κ2) is 11.5. The Balaban J connectivity index is 1.56. The van der Waals surface area contributed by atoms with Gasteiger partial charge in [0.25, 0.3) is 11.8 Å². The molecule has 0 unspecified atom stereocenters. The predicted octanol–water partition coefficient (Wildman–Crippen LogP) is 6.01. The summed E-state index contributed by atoms with van der Waals surface area (Å²) in [4.78, 5) is 39.3. The number of hydrogen-bond donors (Lipinski definition) is 1. The van der Waals surface area contributed by atoms with Crippen LogP contribution in [0.5, 0.6) is 11.5 Å². The number of carbonyl (C=O) groups is 3. The largest absolute Gasteiger partial charge is 0.489 e. The van der Waals surface area contributed by atoms with Crippen molar-refractivity contribution in [1.82, 2.24) is 5.32 Å². The van der Waals surface area contributed by atoms with E-state index in [1.165, 1.54) is 18.2 Å². The minimum absolute atomic E-state index is 0.00119. The molecular formula is C27H17BrCl2N2O5. The van der Waals surface area contributed by atoms with Crippen molar-refractivity contribution in [3.05, 3.63) is 91.9 Å². The van der Waals surface area contributed by atoms with Crippen molar-refractivity contribution in [3.8, 4) is 23.8 Å². The van der Waals surface area contributed by atoms with Gasteiger partial charge in [-0.3, -0.25) is 14.9 Å². The van der Waals surface area contributed by atoms with Crippen molar-refractivity contribution in [2.24, 2.45) is 0 Å². The van der Waals surface area contributed by atoms with E-state index < -0.39 is 17.8 Å². The maximum Gasteiger partial charge on any atom is 0.335 e. The summed E-state index contributed by atoms with van der Waals surface area (Å²) in [5.41, 5.74) is 1.17. The summed E-state index contributed by atoms with van der Waals surface area (Å²) in [7, 11) is 0. The summed E-state index contributed by atoms with van der Waals surface area (Å²) in [6, 6.07) is 15.5. The molecule has 1 heterocycles. The Morgan fingerprint density at radius 3 is 2.46 bits per heavy atom. The normalized spacial score (nSPS) is 14.4. The maximum absolute atomic E-state index is 13.3. The van der Waals surface area contributed by atoms with Crippen molar-refractivity contribution in [2.45, 2.75) is 6.61 Å². The number of imide groups is 2. The number of hydrogen-bond acceptors (Lipinski definition) is 5. The van der Waals surface area contributed by atoms with Crippen molar-refractivity contribution >= 4 is 68.7 Å². The number of amides is 4. The minimum Gasteiger partial charge on any atom is -0.489 e. The number of anilines is 1. The van der Waals surface area contributed by atoms with Gasteiger partial charge in [0.1, 0.15) is 30.3 Å². The van der Waals surface area contributed by atoms with Crippen LogP contribution >= 0.6 is 39.1 Å². The first-order valence-electron chi connectivity index (χ1n) is 10.7. The average Bonchev–Trinajstić information content (AvgIpc) is 2.86. The van der Waals surface area contributed by atoms with E-state index in [1.54, 1.807) is 48.5 Å². The number of rotatable bonds is 7. The number of benzene rings is 3. The van der Waals surface area contributed by atoms with Crippen LogP contribution in [-0.4, -0.2) is 24.5 Å². The van der Waals surface area contributed by atoms with Gasteiger partial charge in [-0.15, -0.1) is 6.42 Å². The van der Waals surface area contributed by atoms with Crippen LogP contribution in [-0.2, 0) is 16.2 Å². The summed E-state index contributed by atoms with van der Waals surface area (Å²) < 4.78 is 12.0. The van der Waals surface area contributed by atoms with E-state index in [0.29, 0.717) is 31.6 Å². The molecule has 3 aromatic carbocycles. The summed E-state index contributed by atoms with van der Waals surface area (Å²) in [5, 5.41) is 3.19. The standard InChI is InChI=1S/C27H17BrCl2N2O5/c1-2-11-36-24-10-4-18(28)12-17(24)13-22-25(33)31-27(35)32(26(22)34)20-6-8-21(9-7-20)37-15-16-3-5-19(29)14-23(16)30/h1,3-10,12-14H,11,15H2,(H,31,33,35)/b22-13+. The first-order valence-corrected chi connectivity index (χ1v) is 12.3. The number of urea groups is 1. The van der Waals surface area contributed by atoms with Gasteiger partial charge in [-0.1, -0.05) is 51.1 Å². The molecule has 37 heavy (non-hydrogen) atoms. The van der Waals surface area contributed by atoms with Crippen molar-refractivity contribution in [1.29, 1.82) is 0 Å². The monoisotopic (exact) mass is 598 g/mol. The Hall–Kier alpha value is -3.77. The van der Waals surface area contributed by atoms with Crippen LogP contribution in [0.25, 0.3) is 6.08 Å². The van der Waals surface area contributed by atoms with E-state index in [9.17, 15) is 14.4 Å².